The smallest absolute Gasteiger partial charge is 0.357 e. The summed E-state index contributed by atoms with van der Waals surface area (Å²) in [7, 11) is -2.47. The number of ether oxygens (including phenoxy) is 1. The number of benzene rings is 1. The quantitative estimate of drug-likeness (QED) is 0.762. The lowest BCUT2D eigenvalue weighted by Crippen LogP contribution is -2.29. The summed E-state index contributed by atoms with van der Waals surface area (Å²) in [6, 6.07) is 6.14. The van der Waals surface area contributed by atoms with E-state index in [-0.39, 0.29) is 23.2 Å². The zero-order valence-electron chi connectivity index (χ0n) is 12.9. The van der Waals surface area contributed by atoms with Gasteiger partial charge in [-0.2, -0.15) is 0 Å². The predicted octanol–water partition coefficient (Wildman–Crippen LogP) is 1.04. The van der Waals surface area contributed by atoms with Gasteiger partial charge in [0.15, 0.2) is 5.69 Å². The van der Waals surface area contributed by atoms with E-state index in [0.29, 0.717) is 17.2 Å². The van der Waals surface area contributed by atoms with Crippen molar-refractivity contribution in [3.63, 3.8) is 0 Å². The highest BCUT2D eigenvalue weighted by atomic mass is 32.2. The van der Waals surface area contributed by atoms with Crippen molar-refractivity contribution in [2.45, 2.75) is 24.3 Å². The minimum absolute atomic E-state index is 0.0811. The lowest BCUT2D eigenvalue weighted by Gasteiger charge is -2.11. The van der Waals surface area contributed by atoms with Gasteiger partial charge in [-0.15, -0.1) is 0 Å². The minimum Gasteiger partial charge on any atom is -0.464 e. The Kier molecular flexibility index (Phi) is 5.30. The van der Waals surface area contributed by atoms with Crippen LogP contribution in [0.3, 0.4) is 0 Å². The van der Waals surface area contributed by atoms with Crippen LogP contribution in [0.25, 0.3) is 10.8 Å². The van der Waals surface area contributed by atoms with Gasteiger partial charge in [0.2, 0.25) is 10.0 Å². The molecule has 1 aromatic carbocycles. The largest absolute Gasteiger partial charge is 0.464 e. The molecule has 2 rings (SSSR count). The molecule has 23 heavy (non-hydrogen) atoms. The number of hydrogen-bond donors (Lipinski definition) is 2. The Bertz CT molecular complexity index is 819. The summed E-state index contributed by atoms with van der Waals surface area (Å²) in [6.07, 6.45) is 1.91. The maximum atomic E-state index is 12.5. The number of sulfonamides is 1. The van der Waals surface area contributed by atoms with Crippen molar-refractivity contribution >= 4 is 26.8 Å². The number of carbonyl (C=O) groups excluding carboxylic acids is 1. The maximum Gasteiger partial charge on any atom is 0.357 e. The van der Waals surface area contributed by atoms with Gasteiger partial charge in [-0.25, -0.2) is 22.9 Å². The van der Waals surface area contributed by atoms with Crippen LogP contribution in [0.2, 0.25) is 0 Å². The number of methoxy groups -OCH3 is 1. The number of nitrogens with zero attached hydrogens (tertiary/aromatic N) is 1. The van der Waals surface area contributed by atoms with Crippen molar-refractivity contribution in [1.82, 2.24) is 9.71 Å². The lowest BCUT2D eigenvalue weighted by atomic mass is 10.1. The first kappa shape index (κ1) is 17.3. The van der Waals surface area contributed by atoms with Crippen molar-refractivity contribution < 1.29 is 17.9 Å². The Hall–Kier alpha value is -2.03. The van der Waals surface area contributed by atoms with Gasteiger partial charge in [0, 0.05) is 29.6 Å². The second kappa shape index (κ2) is 7.03. The van der Waals surface area contributed by atoms with E-state index in [2.05, 4.69) is 14.4 Å². The van der Waals surface area contributed by atoms with Crippen LogP contribution in [0.15, 0.2) is 35.4 Å². The molecule has 1 aromatic heterocycles. The summed E-state index contributed by atoms with van der Waals surface area (Å²) in [4.78, 5) is 15.8. The zero-order valence-corrected chi connectivity index (χ0v) is 13.8. The van der Waals surface area contributed by atoms with Gasteiger partial charge in [0.1, 0.15) is 0 Å². The fourth-order valence-electron chi connectivity index (χ4n) is 2.17. The summed E-state index contributed by atoms with van der Waals surface area (Å²) in [5.74, 6) is -0.616. The molecule has 1 atom stereocenters. The van der Waals surface area contributed by atoms with Crippen LogP contribution in [-0.4, -0.2) is 39.1 Å². The number of hydrogen-bond acceptors (Lipinski definition) is 6. The normalized spacial score (nSPS) is 13.0. The molecule has 0 bridgehead atoms. The third kappa shape index (κ3) is 3.84. The van der Waals surface area contributed by atoms with Crippen LogP contribution in [0.4, 0.5) is 0 Å². The molecule has 3 N–H and O–H groups in total. The standard InChI is InChI=1S/C15H19N3O4S/c1-10(16)6-9-18-23(20,21)13-5-3-4-12-11(13)7-8-17-14(12)15(19)22-2/h3-5,7-8,10,18H,6,9,16H2,1-2H3. The average molecular weight is 337 g/mol. The molecule has 1 heterocycles. The Labute approximate surface area is 134 Å². The van der Waals surface area contributed by atoms with Crippen LogP contribution in [0.5, 0.6) is 0 Å². The number of aromatic nitrogens is 1. The third-order valence-corrected chi connectivity index (χ3v) is 4.85. The topological polar surface area (TPSA) is 111 Å². The molecule has 0 fully saturated rings. The van der Waals surface area contributed by atoms with Crippen molar-refractivity contribution in [3.05, 3.63) is 36.2 Å². The lowest BCUT2D eigenvalue weighted by molar-refractivity contribution is 0.0596. The minimum atomic E-state index is -3.72. The first-order valence-electron chi connectivity index (χ1n) is 7.08. The SMILES string of the molecule is COC(=O)c1nccc2c(S(=O)(=O)NCCC(C)N)cccc12. The number of fused-ring (bicyclic) bond motifs is 1. The van der Waals surface area contributed by atoms with E-state index in [0.717, 1.165) is 0 Å². The predicted molar refractivity (Wildman–Crippen MR) is 86.5 cm³/mol. The van der Waals surface area contributed by atoms with E-state index >= 15 is 0 Å². The van der Waals surface area contributed by atoms with Gasteiger partial charge >= 0.3 is 5.97 Å². The molecule has 7 nitrogen and oxygen atoms in total. The fraction of sp³-hybridized carbons (Fsp3) is 0.333. The van der Waals surface area contributed by atoms with Gasteiger partial charge in [0.25, 0.3) is 0 Å². The number of nitrogens with one attached hydrogen (secondary N) is 1. The second-order valence-corrected chi connectivity index (χ2v) is 6.90. The molecular weight excluding hydrogens is 318 g/mol. The molecule has 0 aliphatic rings. The third-order valence-electron chi connectivity index (χ3n) is 3.33. The average Bonchev–Trinajstić information content (AvgIpc) is 2.52. The zero-order chi connectivity index (χ0) is 17.0. The molecule has 124 valence electrons. The Balaban J connectivity index is 2.48. The van der Waals surface area contributed by atoms with Gasteiger partial charge in [-0.1, -0.05) is 12.1 Å². The summed E-state index contributed by atoms with van der Waals surface area (Å²) in [5, 5.41) is 0.839. The van der Waals surface area contributed by atoms with E-state index in [9.17, 15) is 13.2 Å². The van der Waals surface area contributed by atoms with Gasteiger partial charge < -0.3 is 10.5 Å². The van der Waals surface area contributed by atoms with E-state index in [1.54, 1.807) is 25.1 Å². The Morgan fingerprint density at radius 2 is 2.09 bits per heavy atom. The van der Waals surface area contributed by atoms with Crippen molar-refractivity contribution in [2.75, 3.05) is 13.7 Å². The highest BCUT2D eigenvalue weighted by Crippen LogP contribution is 2.24. The summed E-state index contributed by atoms with van der Waals surface area (Å²) in [6.45, 7) is 2.05. The van der Waals surface area contributed by atoms with Crippen molar-refractivity contribution in [2.24, 2.45) is 5.73 Å². The number of nitrogens with two attached hydrogens (primary N) is 1. The Morgan fingerprint density at radius 1 is 1.35 bits per heavy atom. The molecule has 0 radical (unpaired) electrons. The van der Waals surface area contributed by atoms with E-state index in [1.807, 2.05) is 0 Å². The van der Waals surface area contributed by atoms with Crippen LogP contribution < -0.4 is 10.5 Å². The number of esters is 1. The molecular formula is C15H19N3O4S. The molecule has 0 spiro atoms. The van der Waals surface area contributed by atoms with Crippen LogP contribution in [0.1, 0.15) is 23.8 Å². The van der Waals surface area contributed by atoms with Crippen molar-refractivity contribution in [1.29, 1.82) is 0 Å². The molecule has 0 amide bonds. The summed E-state index contributed by atoms with van der Waals surface area (Å²) < 4.78 is 32.2. The molecule has 8 heteroatoms. The van der Waals surface area contributed by atoms with E-state index < -0.39 is 16.0 Å². The first-order valence-corrected chi connectivity index (χ1v) is 8.56. The second-order valence-electron chi connectivity index (χ2n) is 5.17. The van der Waals surface area contributed by atoms with E-state index in [4.69, 9.17) is 5.73 Å². The number of carbonyl (C=O) groups is 1. The molecule has 0 aliphatic heterocycles. The van der Waals surface area contributed by atoms with Crippen LogP contribution in [-0.2, 0) is 14.8 Å². The van der Waals surface area contributed by atoms with Crippen molar-refractivity contribution in [3.8, 4) is 0 Å². The Morgan fingerprint density at radius 3 is 2.74 bits per heavy atom. The highest BCUT2D eigenvalue weighted by Gasteiger charge is 2.20. The number of rotatable bonds is 6. The molecule has 0 saturated heterocycles. The van der Waals surface area contributed by atoms with Gasteiger partial charge in [-0.3, -0.25) is 0 Å². The number of pyridine rings is 1. The molecule has 2 aromatic rings. The summed E-state index contributed by atoms with van der Waals surface area (Å²) in [5.41, 5.74) is 5.71. The molecule has 0 aliphatic carbocycles. The summed E-state index contributed by atoms with van der Waals surface area (Å²) >= 11 is 0. The van der Waals surface area contributed by atoms with Crippen LogP contribution in [0, 0.1) is 0 Å². The fourth-order valence-corrected chi connectivity index (χ4v) is 3.44. The highest BCUT2D eigenvalue weighted by molar-refractivity contribution is 7.89. The monoisotopic (exact) mass is 337 g/mol. The first-order chi connectivity index (χ1) is 10.9. The van der Waals surface area contributed by atoms with Gasteiger partial charge in [-0.05, 0) is 25.5 Å². The van der Waals surface area contributed by atoms with Gasteiger partial charge in [0.05, 0.1) is 12.0 Å². The molecule has 0 saturated carbocycles. The van der Waals surface area contributed by atoms with E-state index in [1.165, 1.54) is 19.4 Å². The van der Waals surface area contributed by atoms with Crippen LogP contribution >= 0.6 is 0 Å². The maximum absolute atomic E-state index is 12.5. The molecule has 1 unspecified atom stereocenters.